The molecule has 1 heterocycles. The minimum Gasteiger partial charge on any atom is -0.366 e. The summed E-state index contributed by atoms with van der Waals surface area (Å²) in [4.78, 5) is 14.3. The standard InChI is InChI=1S/C13H27N3O2.2ClH/c1-4-16-5-6-18-12(9-16)13(17)15-11(8-14)7-10(2)3;;/h10-12H,4-9,14H2,1-3H3,(H,15,17);2*1H. The highest BCUT2D eigenvalue weighted by molar-refractivity contribution is 5.85. The molecule has 20 heavy (non-hydrogen) atoms. The van der Waals surface area contributed by atoms with Crippen LogP contribution in [0.3, 0.4) is 0 Å². The number of carbonyl (C=O) groups excluding carboxylic acids is 1. The number of morpholine rings is 1. The predicted molar refractivity (Wildman–Crippen MR) is 86.8 cm³/mol. The number of nitrogens with two attached hydrogens (primary N) is 1. The van der Waals surface area contributed by atoms with Gasteiger partial charge in [0.15, 0.2) is 0 Å². The number of ether oxygens (including phenoxy) is 1. The number of halogens is 2. The minimum atomic E-state index is -0.347. The molecule has 0 aliphatic carbocycles. The van der Waals surface area contributed by atoms with Gasteiger partial charge in [-0.1, -0.05) is 20.8 Å². The maximum absolute atomic E-state index is 12.1. The second-order valence-electron chi connectivity index (χ2n) is 5.32. The van der Waals surface area contributed by atoms with Gasteiger partial charge in [-0.25, -0.2) is 0 Å². The fourth-order valence-corrected chi connectivity index (χ4v) is 2.23. The van der Waals surface area contributed by atoms with Crippen LogP contribution < -0.4 is 11.1 Å². The zero-order valence-corrected chi connectivity index (χ0v) is 14.3. The normalized spacial score (nSPS) is 20.8. The Kier molecular flexibility index (Phi) is 12.9. The van der Waals surface area contributed by atoms with Crippen molar-refractivity contribution in [3.63, 3.8) is 0 Å². The summed E-state index contributed by atoms with van der Waals surface area (Å²) in [6.07, 6.45) is 0.562. The number of hydrogen-bond acceptors (Lipinski definition) is 4. The van der Waals surface area contributed by atoms with Gasteiger partial charge in [-0.05, 0) is 18.9 Å². The fraction of sp³-hybridized carbons (Fsp3) is 0.923. The lowest BCUT2D eigenvalue weighted by atomic mass is 10.0. The topological polar surface area (TPSA) is 67.6 Å². The van der Waals surface area contributed by atoms with E-state index in [0.29, 0.717) is 25.6 Å². The van der Waals surface area contributed by atoms with Crippen molar-refractivity contribution >= 4 is 30.7 Å². The van der Waals surface area contributed by atoms with Crippen LogP contribution in [0.4, 0.5) is 0 Å². The van der Waals surface area contributed by atoms with E-state index in [9.17, 15) is 4.79 Å². The van der Waals surface area contributed by atoms with Gasteiger partial charge < -0.3 is 15.8 Å². The highest BCUT2D eigenvalue weighted by Crippen LogP contribution is 2.07. The van der Waals surface area contributed by atoms with Crippen LogP contribution in [0.5, 0.6) is 0 Å². The molecule has 7 heteroatoms. The maximum Gasteiger partial charge on any atom is 0.250 e. The van der Waals surface area contributed by atoms with Crippen LogP contribution in [0.15, 0.2) is 0 Å². The van der Waals surface area contributed by atoms with Crippen LogP contribution in [0.25, 0.3) is 0 Å². The number of nitrogens with zero attached hydrogens (tertiary/aromatic N) is 1. The largest absolute Gasteiger partial charge is 0.366 e. The van der Waals surface area contributed by atoms with Crippen molar-refractivity contribution in [1.29, 1.82) is 0 Å². The van der Waals surface area contributed by atoms with E-state index in [1.54, 1.807) is 0 Å². The van der Waals surface area contributed by atoms with Crippen LogP contribution in [-0.2, 0) is 9.53 Å². The Balaban J connectivity index is 0. The molecule has 1 aliphatic rings. The van der Waals surface area contributed by atoms with Gasteiger partial charge >= 0.3 is 0 Å². The van der Waals surface area contributed by atoms with Crippen molar-refractivity contribution in [2.75, 3.05) is 32.8 Å². The van der Waals surface area contributed by atoms with Crippen molar-refractivity contribution in [1.82, 2.24) is 10.2 Å². The van der Waals surface area contributed by atoms with E-state index in [-0.39, 0.29) is 42.9 Å². The molecule has 1 amide bonds. The number of carbonyl (C=O) groups is 1. The number of hydrogen-bond donors (Lipinski definition) is 2. The van der Waals surface area contributed by atoms with Gasteiger partial charge in [0.1, 0.15) is 6.10 Å². The van der Waals surface area contributed by atoms with Crippen LogP contribution in [0.2, 0.25) is 0 Å². The molecule has 1 saturated heterocycles. The summed E-state index contributed by atoms with van der Waals surface area (Å²) in [6, 6.07) is 0.0538. The minimum absolute atomic E-state index is 0. The summed E-state index contributed by atoms with van der Waals surface area (Å²) < 4.78 is 5.53. The summed E-state index contributed by atoms with van der Waals surface area (Å²) in [5, 5.41) is 3.00. The highest BCUT2D eigenvalue weighted by Gasteiger charge is 2.27. The molecule has 122 valence electrons. The molecule has 0 saturated carbocycles. The zero-order chi connectivity index (χ0) is 13.5. The number of nitrogens with one attached hydrogen (secondary N) is 1. The van der Waals surface area contributed by atoms with Crippen molar-refractivity contribution in [2.24, 2.45) is 11.7 Å². The average Bonchev–Trinajstić information content (AvgIpc) is 2.37. The van der Waals surface area contributed by atoms with E-state index in [1.807, 2.05) is 0 Å². The molecule has 5 nitrogen and oxygen atoms in total. The van der Waals surface area contributed by atoms with Crippen LogP contribution in [0.1, 0.15) is 27.2 Å². The van der Waals surface area contributed by atoms with Gasteiger partial charge in [0.05, 0.1) is 6.61 Å². The second kappa shape index (κ2) is 11.6. The molecule has 3 N–H and O–H groups in total. The smallest absolute Gasteiger partial charge is 0.250 e. The highest BCUT2D eigenvalue weighted by atomic mass is 35.5. The van der Waals surface area contributed by atoms with Crippen LogP contribution >= 0.6 is 24.8 Å². The van der Waals surface area contributed by atoms with Crippen molar-refractivity contribution in [3.8, 4) is 0 Å². The lowest BCUT2D eigenvalue weighted by molar-refractivity contribution is -0.139. The fourth-order valence-electron chi connectivity index (χ4n) is 2.23. The molecule has 2 atom stereocenters. The Labute approximate surface area is 134 Å². The Morgan fingerprint density at radius 3 is 2.60 bits per heavy atom. The molecule has 1 aliphatic heterocycles. The zero-order valence-electron chi connectivity index (χ0n) is 12.6. The third-order valence-electron chi connectivity index (χ3n) is 3.28. The first-order chi connectivity index (χ1) is 8.56. The molecule has 0 aromatic carbocycles. The predicted octanol–water partition coefficient (Wildman–Crippen LogP) is 1.04. The molecular formula is C13H29Cl2N3O2. The second-order valence-corrected chi connectivity index (χ2v) is 5.32. The van der Waals surface area contributed by atoms with E-state index in [2.05, 4.69) is 31.0 Å². The van der Waals surface area contributed by atoms with Crippen LogP contribution in [-0.4, -0.2) is 55.7 Å². The first-order valence-corrected chi connectivity index (χ1v) is 6.91. The lowest BCUT2D eigenvalue weighted by Gasteiger charge is -2.32. The lowest BCUT2D eigenvalue weighted by Crippen LogP contribution is -2.53. The van der Waals surface area contributed by atoms with Gasteiger partial charge in [-0.15, -0.1) is 24.8 Å². The Morgan fingerprint density at radius 2 is 2.10 bits per heavy atom. The molecule has 0 bridgehead atoms. The van der Waals surface area contributed by atoms with E-state index in [0.717, 1.165) is 19.5 Å². The van der Waals surface area contributed by atoms with Gasteiger partial charge in [0.2, 0.25) is 0 Å². The molecule has 0 spiro atoms. The van der Waals surface area contributed by atoms with E-state index in [1.165, 1.54) is 0 Å². The summed E-state index contributed by atoms with van der Waals surface area (Å²) >= 11 is 0. The molecule has 0 aromatic heterocycles. The molecule has 1 rings (SSSR count). The van der Waals surface area contributed by atoms with Crippen LogP contribution in [0, 0.1) is 5.92 Å². The summed E-state index contributed by atoms with van der Waals surface area (Å²) in [5.41, 5.74) is 5.69. The summed E-state index contributed by atoms with van der Waals surface area (Å²) in [6.45, 7) is 10.0. The van der Waals surface area contributed by atoms with Crippen molar-refractivity contribution in [3.05, 3.63) is 0 Å². The van der Waals surface area contributed by atoms with Gasteiger partial charge in [-0.2, -0.15) is 0 Å². The van der Waals surface area contributed by atoms with Gasteiger partial charge in [0.25, 0.3) is 5.91 Å². The Bertz CT molecular complexity index is 268. The van der Waals surface area contributed by atoms with Gasteiger partial charge in [-0.3, -0.25) is 9.69 Å². The third-order valence-corrected chi connectivity index (χ3v) is 3.28. The Morgan fingerprint density at radius 1 is 1.45 bits per heavy atom. The molecular weight excluding hydrogens is 301 g/mol. The number of rotatable bonds is 6. The van der Waals surface area contributed by atoms with E-state index < -0.39 is 0 Å². The van der Waals surface area contributed by atoms with Crippen molar-refractivity contribution in [2.45, 2.75) is 39.3 Å². The molecule has 2 unspecified atom stereocenters. The Hall–Kier alpha value is -0.0700. The number of likely N-dealkylation sites (N-methyl/N-ethyl adjacent to an activating group) is 1. The quantitative estimate of drug-likeness (QED) is 0.764. The average molecular weight is 330 g/mol. The third kappa shape index (κ3) is 7.64. The monoisotopic (exact) mass is 329 g/mol. The molecule has 1 fully saturated rings. The SMILES string of the molecule is CCN1CCOC(C(=O)NC(CN)CC(C)C)C1.Cl.Cl. The summed E-state index contributed by atoms with van der Waals surface area (Å²) in [5.74, 6) is 0.502. The van der Waals surface area contributed by atoms with E-state index >= 15 is 0 Å². The molecule has 0 aromatic rings. The first-order valence-electron chi connectivity index (χ1n) is 6.91. The first kappa shape index (κ1) is 22.2. The van der Waals surface area contributed by atoms with E-state index in [4.69, 9.17) is 10.5 Å². The van der Waals surface area contributed by atoms with Crippen molar-refractivity contribution < 1.29 is 9.53 Å². The van der Waals surface area contributed by atoms with Gasteiger partial charge in [0, 0.05) is 25.7 Å². The number of amides is 1. The molecule has 0 radical (unpaired) electrons. The maximum atomic E-state index is 12.1. The summed E-state index contributed by atoms with van der Waals surface area (Å²) in [7, 11) is 0.